The Kier molecular flexibility index (Phi) is 3.99. The molecule has 0 N–H and O–H groups in total. The molecule has 0 radical (unpaired) electrons. The monoisotopic (exact) mass is 336 g/mol. The summed E-state index contributed by atoms with van der Waals surface area (Å²) in [6.07, 6.45) is 1.45. The molecule has 1 aromatic rings. The van der Waals surface area contributed by atoms with Gasteiger partial charge < -0.3 is 0 Å². The van der Waals surface area contributed by atoms with Crippen LogP contribution < -0.4 is 0 Å². The summed E-state index contributed by atoms with van der Waals surface area (Å²) < 4.78 is 40.4. The van der Waals surface area contributed by atoms with Crippen LogP contribution in [0.3, 0.4) is 0 Å². The molecule has 0 spiro atoms. The lowest BCUT2D eigenvalue weighted by atomic mass is 10.0. The number of fused-ring (bicyclic) bond motifs is 1. The van der Waals surface area contributed by atoms with Crippen LogP contribution in [0.4, 0.5) is 13.2 Å². The van der Waals surface area contributed by atoms with Gasteiger partial charge in [-0.2, -0.15) is 18.2 Å². The normalized spacial score (nSPS) is 18.9. The van der Waals surface area contributed by atoms with Gasteiger partial charge in [0.15, 0.2) is 0 Å². The summed E-state index contributed by atoms with van der Waals surface area (Å²) in [4.78, 5) is 8.79. The van der Waals surface area contributed by atoms with Crippen molar-refractivity contribution in [3.05, 3.63) is 53.8 Å². The SMILES string of the molecule is CCC1=CC(c2ccccn2)=NC2=CCN(C(C)(C)C(F)(F)F)N12. The highest BCUT2D eigenvalue weighted by Gasteiger charge is 2.55. The third-order valence-corrected chi connectivity index (χ3v) is 4.34. The molecule has 2 aliphatic heterocycles. The summed E-state index contributed by atoms with van der Waals surface area (Å²) in [5.41, 5.74) is 0.156. The van der Waals surface area contributed by atoms with Crippen LogP contribution in [0.2, 0.25) is 0 Å². The number of aliphatic imine (C=N–C) groups is 1. The first-order valence-electron chi connectivity index (χ1n) is 7.81. The van der Waals surface area contributed by atoms with Crippen LogP contribution in [0.1, 0.15) is 32.9 Å². The third-order valence-electron chi connectivity index (χ3n) is 4.34. The molecule has 0 aliphatic carbocycles. The summed E-state index contributed by atoms with van der Waals surface area (Å²) in [7, 11) is 0. The molecule has 2 aliphatic rings. The molecule has 0 saturated heterocycles. The van der Waals surface area contributed by atoms with E-state index in [2.05, 4.69) is 9.98 Å². The predicted octanol–water partition coefficient (Wildman–Crippen LogP) is 3.89. The van der Waals surface area contributed by atoms with E-state index in [1.165, 1.54) is 18.9 Å². The number of rotatable bonds is 3. The van der Waals surface area contributed by atoms with Crippen molar-refractivity contribution in [1.29, 1.82) is 0 Å². The highest BCUT2D eigenvalue weighted by molar-refractivity contribution is 6.08. The average molecular weight is 336 g/mol. The van der Waals surface area contributed by atoms with Crippen LogP contribution in [0, 0.1) is 0 Å². The lowest BCUT2D eigenvalue weighted by molar-refractivity contribution is -0.245. The minimum Gasteiger partial charge on any atom is -0.260 e. The molecular weight excluding hydrogens is 317 g/mol. The van der Waals surface area contributed by atoms with Crippen LogP contribution in [0.15, 0.2) is 53.1 Å². The molecule has 0 fully saturated rings. The van der Waals surface area contributed by atoms with E-state index < -0.39 is 11.7 Å². The van der Waals surface area contributed by atoms with Gasteiger partial charge >= 0.3 is 6.18 Å². The predicted molar refractivity (Wildman–Crippen MR) is 85.9 cm³/mol. The second kappa shape index (κ2) is 5.73. The van der Waals surface area contributed by atoms with Crippen molar-refractivity contribution in [3.8, 4) is 0 Å². The van der Waals surface area contributed by atoms with Gasteiger partial charge in [-0.3, -0.25) is 9.99 Å². The molecule has 0 bridgehead atoms. The first kappa shape index (κ1) is 16.7. The van der Waals surface area contributed by atoms with E-state index in [1.54, 1.807) is 17.3 Å². The molecule has 7 heteroatoms. The van der Waals surface area contributed by atoms with Crippen molar-refractivity contribution in [2.45, 2.75) is 38.9 Å². The minimum absolute atomic E-state index is 0.165. The van der Waals surface area contributed by atoms with Crippen LogP contribution in [0.25, 0.3) is 0 Å². The largest absolute Gasteiger partial charge is 0.408 e. The van der Waals surface area contributed by atoms with Gasteiger partial charge in [-0.1, -0.05) is 13.0 Å². The van der Waals surface area contributed by atoms with Crippen LogP contribution in [0.5, 0.6) is 0 Å². The molecule has 3 rings (SSSR count). The first-order valence-corrected chi connectivity index (χ1v) is 7.81. The van der Waals surface area contributed by atoms with Crippen molar-refractivity contribution >= 4 is 5.71 Å². The van der Waals surface area contributed by atoms with E-state index in [0.29, 0.717) is 23.6 Å². The van der Waals surface area contributed by atoms with E-state index in [0.717, 1.165) is 5.70 Å². The number of halogens is 3. The molecule has 24 heavy (non-hydrogen) atoms. The van der Waals surface area contributed by atoms with Crippen LogP contribution in [-0.4, -0.2) is 39.0 Å². The third kappa shape index (κ3) is 2.62. The van der Waals surface area contributed by atoms with Crippen LogP contribution >= 0.6 is 0 Å². The summed E-state index contributed by atoms with van der Waals surface area (Å²) in [5, 5.41) is 2.90. The molecule has 0 unspecified atom stereocenters. The highest BCUT2D eigenvalue weighted by atomic mass is 19.4. The Balaban J connectivity index is 1.98. The van der Waals surface area contributed by atoms with Gasteiger partial charge in [0.05, 0.1) is 11.4 Å². The summed E-state index contributed by atoms with van der Waals surface area (Å²) >= 11 is 0. The van der Waals surface area contributed by atoms with E-state index >= 15 is 0 Å². The fourth-order valence-electron chi connectivity index (χ4n) is 2.75. The Bertz CT molecular complexity index is 717. The molecule has 128 valence electrons. The zero-order valence-electron chi connectivity index (χ0n) is 13.8. The van der Waals surface area contributed by atoms with Crippen molar-refractivity contribution in [3.63, 3.8) is 0 Å². The first-order chi connectivity index (χ1) is 11.3. The zero-order valence-corrected chi connectivity index (χ0v) is 13.8. The fourth-order valence-corrected chi connectivity index (χ4v) is 2.75. The lowest BCUT2D eigenvalue weighted by Crippen LogP contribution is -2.58. The maximum absolute atomic E-state index is 13.5. The number of alkyl halides is 3. The Labute approximate surface area is 139 Å². The topological polar surface area (TPSA) is 31.7 Å². The number of aromatic nitrogens is 1. The van der Waals surface area contributed by atoms with Gasteiger partial charge in [-0.05, 0) is 44.6 Å². The van der Waals surface area contributed by atoms with Gasteiger partial charge in [0.25, 0.3) is 0 Å². The van der Waals surface area contributed by atoms with E-state index in [1.807, 2.05) is 31.2 Å². The van der Waals surface area contributed by atoms with E-state index in [9.17, 15) is 13.2 Å². The Morgan fingerprint density at radius 2 is 1.96 bits per heavy atom. The minimum atomic E-state index is -4.35. The number of pyridine rings is 1. The molecule has 3 heterocycles. The molecule has 0 aromatic carbocycles. The fraction of sp³-hybridized carbons (Fsp3) is 0.412. The second-order valence-electron chi connectivity index (χ2n) is 6.21. The van der Waals surface area contributed by atoms with E-state index in [4.69, 9.17) is 0 Å². The lowest BCUT2D eigenvalue weighted by Gasteiger charge is -2.44. The molecule has 1 aromatic heterocycles. The zero-order chi connectivity index (χ0) is 17.5. The second-order valence-corrected chi connectivity index (χ2v) is 6.21. The smallest absolute Gasteiger partial charge is 0.260 e. The van der Waals surface area contributed by atoms with Gasteiger partial charge in [0, 0.05) is 18.4 Å². The number of hydrogen-bond acceptors (Lipinski definition) is 4. The number of allylic oxidation sites excluding steroid dienone is 2. The summed E-state index contributed by atoms with van der Waals surface area (Å²) in [5.74, 6) is 0.521. The van der Waals surface area contributed by atoms with Crippen molar-refractivity contribution in [2.75, 3.05) is 6.54 Å². The maximum Gasteiger partial charge on any atom is 0.408 e. The van der Waals surface area contributed by atoms with Gasteiger partial charge in [-0.25, -0.2) is 4.99 Å². The van der Waals surface area contributed by atoms with Crippen molar-refractivity contribution in [2.24, 2.45) is 4.99 Å². The van der Waals surface area contributed by atoms with E-state index in [-0.39, 0.29) is 6.54 Å². The van der Waals surface area contributed by atoms with Gasteiger partial charge in [-0.15, -0.1) is 0 Å². The Morgan fingerprint density at radius 1 is 1.21 bits per heavy atom. The van der Waals surface area contributed by atoms with Crippen molar-refractivity contribution in [1.82, 2.24) is 15.0 Å². The highest BCUT2D eigenvalue weighted by Crippen LogP contribution is 2.41. The van der Waals surface area contributed by atoms with Gasteiger partial charge in [0.2, 0.25) is 0 Å². The Morgan fingerprint density at radius 3 is 2.54 bits per heavy atom. The van der Waals surface area contributed by atoms with Crippen LogP contribution in [-0.2, 0) is 0 Å². The molecular formula is C17H19F3N4. The number of hydrogen-bond donors (Lipinski definition) is 0. The number of nitrogens with zero attached hydrogens (tertiary/aromatic N) is 4. The number of hydrazine groups is 1. The van der Waals surface area contributed by atoms with Gasteiger partial charge in [0.1, 0.15) is 11.4 Å². The molecule has 0 saturated carbocycles. The summed E-state index contributed by atoms with van der Waals surface area (Å²) in [6.45, 7) is 4.46. The quantitative estimate of drug-likeness (QED) is 0.839. The summed E-state index contributed by atoms with van der Waals surface area (Å²) in [6, 6.07) is 5.51. The molecule has 0 amide bonds. The standard InChI is InChI=1S/C17H19F3N4/c1-4-12-11-14(13-7-5-6-9-21-13)22-15-8-10-23(24(12)15)16(2,3)17(18,19)20/h5-9,11H,4,10H2,1-3H3. The van der Waals surface area contributed by atoms with Crippen molar-refractivity contribution < 1.29 is 13.2 Å². The molecule has 4 nitrogen and oxygen atoms in total. The maximum atomic E-state index is 13.5. The Hall–Kier alpha value is -2.15. The molecule has 0 atom stereocenters. The average Bonchev–Trinajstić information content (AvgIpc) is 2.98.